The van der Waals surface area contributed by atoms with Gasteiger partial charge < -0.3 is 10.1 Å². The van der Waals surface area contributed by atoms with Crippen LogP contribution in [0.1, 0.15) is 38.5 Å². The number of carbonyl (C=O) groups is 2. The number of hydrogen-bond donors (Lipinski definition) is 1. The fourth-order valence-electron chi connectivity index (χ4n) is 4.78. The van der Waals surface area contributed by atoms with Gasteiger partial charge in [-0.25, -0.2) is 4.79 Å². The number of nitrogens with one attached hydrogen (secondary N) is 1. The summed E-state index contributed by atoms with van der Waals surface area (Å²) >= 11 is 0. The molecule has 1 amide bonds. The largest absolute Gasteiger partial charge is 0.424 e. The molecule has 1 heterocycles. The van der Waals surface area contributed by atoms with Crippen LogP contribution in [0.2, 0.25) is 0 Å². The van der Waals surface area contributed by atoms with Gasteiger partial charge in [-0.2, -0.15) is 0 Å². The first-order valence-corrected chi connectivity index (χ1v) is 12.0. The minimum Gasteiger partial charge on any atom is -0.424 e. The van der Waals surface area contributed by atoms with Crippen molar-refractivity contribution in [1.82, 2.24) is 5.32 Å². The van der Waals surface area contributed by atoms with Gasteiger partial charge in [0.15, 0.2) is 5.54 Å². The molecule has 1 aliphatic rings. The van der Waals surface area contributed by atoms with E-state index in [4.69, 9.17) is 4.74 Å². The molecule has 4 aromatic rings. The highest BCUT2D eigenvalue weighted by Crippen LogP contribution is 2.41. The number of ether oxygens (including phenoxy) is 1. The molecule has 36 heavy (non-hydrogen) atoms. The molecule has 0 aromatic heterocycles. The molecule has 178 valence electrons. The van der Waals surface area contributed by atoms with Crippen LogP contribution in [0.4, 0.5) is 0 Å². The Labute approximate surface area is 211 Å². The van der Waals surface area contributed by atoms with Crippen molar-refractivity contribution in [1.29, 1.82) is 0 Å². The summed E-state index contributed by atoms with van der Waals surface area (Å²) in [5.74, 6) is -0.765. The second-order valence-electron chi connectivity index (χ2n) is 9.13. The van der Waals surface area contributed by atoms with Crippen molar-refractivity contribution in [2.75, 3.05) is 0 Å². The average Bonchev–Trinajstić information content (AvgIpc) is 2.91. The molecule has 4 heteroatoms. The van der Waals surface area contributed by atoms with E-state index in [1.807, 2.05) is 116 Å². The zero-order valence-electron chi connectivity index (χ0n) is 20.1. The minimum absolute atomic E-state index is 0.280. The molecular formula is C32H27NO3. The molecule has 4 aromatic carbocycles. The number of benzene rings is 4. The molecule has 0 radical (unpaired) electrons. The van der Waals surface area contributed by atoms with E-state index in [1.165, 1.54) is 0 Å². The number of carbonyl (C=O) groups excluding carboxylic acids is 2. The first kappa shape index (κ1) is 23.3. The Bertz CT molecular complexity index is 1400. The Kier molecular flexibility index (Phi) is 6.50. The van der Waals surface area contributed by atoms with E-state index in [0.717, 1.165) is 22.3 Å². The van der Waals surface area contributed by atoms with Gasteiger partial charge >= 0.3 is 5.97 Å². The molecule has 0 saturated heterocycles. The standard InChI is InChI=1S/C32H27NO3/c1-23-12-11-19-27(20-23)29-21-28(25-15-7-3-8-16-25)32(31(35)36-29,22-24-13-5-2-6-14-24)33-30(34)26-17-9-4-10-18-26/h2-21,28H,22H2,1H3,(H,33,34)/t28-,32+/m1/s1. The van der Waals surface area contributed by atoms with Gasteiger partial charge in [0, 0.05) is 23.5 Å². The summed E-state index contributed by atoms with van der Waals surface area (Å²) in [7, 11) is 0. The number of amides is 1. The van der Waals surface area contributed by atoms with Crippen molar-refractivity contribution in [3.05, 3.63) is 149 Å². The number of hydrogen-bond acceptors (Lipinski definition) is 3. The Morgan fingerprint density at radius 1 is 0.833 bits per heavy atom. The fraction of sp³-hybridized carbons (Fsp3) is 0.125. The maximum atomic E-state index is 14.1. The molecule has 0 saturated carbocycles. The predicted octanol–water partition coefficient (Wildman–Crippen LogP) is 6.09. The lowest BCUT2D eigenvalue weighted by atomic mass is 9.73. The summed E-state index contributed by atoms with van der Waals surface area (Å²) in [6.07, 6.45) is 2.25. The summed E-state index contributed by atoms with van der Waals surface area (Å²) in [6.45, 7) is 2.00. The number of aryl methyl sites for hydroxylation is 1. The highest BCUT2D eigenvalue weighted by atomic mass is 16.5. The predicted molar refractivity (Wildman–Crippen MR) is 141 cm³/mol. The van der Waals surface area contributed by atoms with Crippen molar-refractivity contribution in [3.8, 4) is 0 Å². The maximum Gasteiger partial charge on any atom is 0.338 e. The van der Waals surface area contributed by atoms with Gasteiger partial charge in [0.25, 0.3) is 5.91 Å². The molecule has 0 bridgehead atoms. The van der Waals surface area contributed by atoms with E-state index >= 15 is 0 Å². The van der Waals surface area contributed by atoms with E-state index in [-0.39, 0.29) is 12.3 Å². The SMILES string of the molecule is Cc1cccc(C2=C[C@H](c3ccccc3)[C@](Cc3ccccc3)(NC(=O)c3ccccc3)C(=O)O2)c1. The molecule has 5 rings (SSSR count). The van der Waals surface area contributed by atoms with Crippen LogP contribution in [0.25, 0.3) is 5.76 Å². The number of esters is 1. The van der Waals surface area contributed by atoms with Crippen LogP contribution in [0.5, 0.6) is 0 Å². The Morgan fingerprint density at radius 2 is 1.47 bits per heavy atom. The quantitative estimate of drug-likeness (QED) is 0.345. The highest BCUT2D eigenvalue weighted by Gasteiger charge is 2.51. The third-order valence-electron chi connectivity index (χ3n) is 6.58. The van der Waals surface area contributed by atoms with Gasteiger partial charge in [0.1, 0.15) is 5.76 Å². The van der Waals surface area contributed by atoms with Crippen LogP contribution in [-0.2, 0) is 16.0 Å². The monoisotopic (exact) mass is 473 g/mol. The molecule has 1 aliphatic heterocycles. The molecule has 2 atom stereocenters. The van der Waals surface area contributed by atoms with Crippen molar-refractivity contribution in [3.63, 3.8) is 0 Å². The molecule has 0 fully saturated rings. The smallest absolute Gasteiger partial charge is 0.338 e. The lowest BCUT2D eigenvalue weighted by Gasteiger charge is -2.41. The normalized spacial score (nSPS) is 19.2. The molecule has 0 aliphatic carbocycles. The first-order chi connectivity index (χ1) is 17.5. The summed E-state index contributed by atoms with van der Waals surface area (Å²) in [5.41, 5.74) is 2.88. The van der Waals surface area contributed by atoms with Gasteiger partial charge in [0.05, 0.1) is 0 Å². The van der Waals surface area contributed by atoms with Crippen LogP contribution >= 0.6 is 0 Å². The van der Waals surface area contributed by atoms with Gasteiger partial charge in [-0.05, 0) is 42.3 Å². The lowest BCUT2D eigenvalue weighted by Crippen LogP contribution is -2.61. The minimum atomic E-state index is -1.34. The van der Waals surface area contributed by atoms with E-state index in [0.29, 0.717) is 11.3 Å². The Morgan fingerprint density at radius 3 is 2.14 bits per heavy atom. The van der Waals surface area contributed by atoms with E-state index in [2.05, 4.69) is 5.32 Å². The van der Waals surface area contributed by atoms with Crippen LogP contribution < -0.4 is 5.32 Å². The lowest BCUT2D eigenvalue weighted by molar-refractivity contribution is -0.145. The summed E-state index contributed by atoms with van der Waals surface area (Å²) in [4.78, 5) is 27.5. The molecule has 0 spiro atoms. The molecule has 0 unspecified atom stereocenters. The summed E-state index contributed by atoms with van der Waals surface area (Å²) in [6, 6.07) is 36.4. The van der Waals surface area contributed by atoms with Crippen LogP contribution in [-0.4, -0.2) is 17.4 Å². The van der Waals surface area contributed by atoms with E-state index in [9.17, 15) is 9.59 Å². The summed E-state index contributed by atoms with van der Waals surface area (Å²) < 4.78 is 6.01. The maximum absolute atomic E-state index is 14.1. The zero-order valence-corrected chi connectivity index (χ0v) is 20.1. The second-order valence-corrected chi connectivity index (χ2v) is 9.13. The average molecular weight is 474 g/mol. The van der Waals surface area contributed by atoms with Crippen LogP contribution in [0.15, 0.2) is 121 Å². The summed E-state index contributed by atoms with van der Waals surface area (Å²) in [5, 5.41) is 3.12. The molecule has 4 nitrogen and oxygen atoms in total. The topological polar surface area (TPSA) is 55.4 Å². The van der Waals surface area contributed by atoms with Crippen molar-refractivity contribution in [2.24, 2.45) is 0 Å². The van der Waals surface area contributed by atoms with E-state index < -0.39 is 17.4 Å². The number of rotatable bonds is 6. The highest BCUT2D eigenvalue weighted by molar-refractivity contribution is 6.00. The zero-order chi connectivity index (χ0) is 25.0. The Balaban J connectivity index is 1.67. The molecular weight excluding hydrogens is 446 g/mol. The van der Waals surface area contributed by atoms with Gasteiger partial charge in [-0.3, -0.25) is 4.79 Å². The fourth-order valence-corrected chi connectivity index (χ4v) is 4.78. The Hall–Kier alpha value is -4.44. The van der Waals surface area contributed by atoms with Gasteiger partial charge in [-0.1, -0.05) is 103 Å². The second kappa shape index (κ2) is 10.0. The van der Waals surface area contributed by atoms with Crippen molar-refractivity contribution in [2.45, 2.75) is 24.8 Å². The van der Waals surface area contributed by atoms with Gasteiger partial charge in [0.2, 0.25) is 0 Å². The van der Waals surface area contributed by atoms with E-state index in [1.54, 1.807) is 12.1 Å². The molecule has 1 N–H and O–H groups in total. The third kappa shape index (κ3) is 4.71. The third-order valence-corrected chi connectivity index (χ3v) is 6.58. The number of cyclic esters (lactones) is 1. The van der Waals surface area contributed by atoms with Gasteiger partial charge in [-0.15, -0.1) is 0 Å². The van der Waals surface area contributed by atoms with Crippen LogP contribution in [0, 0.1) is 6.92 Å². The first-order valence-electron chi connectivity index (χ1n) is 12.0. The van der Waals surface area contributed by atoms with Crippen molar-refractivity contribution < 1.29 is 14.3 Å². The van der Waals surface area contributed by atoms with Crippen molar-refractivity contribution >= 4 is 17.6 Å². The van der Waals surface area contributed by atoms with Crippen LogP contribution in [0.3, 0.4) is 0 Å².